The van der Waals surface area contributed by atoms with Gasteiger partial charge in [0.25, 0.3) is 5.56 Å². The molecule has 1 N–H and O–H groups in total. The first-order chi connectivity index (χ1) is 13.6. The van der Waals surface area contributed by atoms with Gasteiger partial charge in [-0.2, -0.15) is 5.10 Å². The van der Waals surface area contributed by atoms with Crippen LogP contribution in [-0.4, -0.2) is 50.7 Å². The average Bonchev–Trinajstić information content (AvgIpc) is 3.27. The molecular formula is C20H27N5O2S. The molecule has 4 heterocycles. The van der Waals surface area contributed by atoms with Crippen LogP contribution in [0.15, 0.2) is 22.3 Å². The minimum Gasteiger partial charge on any atom is -0.353 e. The Kier molecular flexibility index (Phi) is 5.50. The van der Waals surface area contributed by atoms with E-state index in [2.05, 4.69) is 22.2 Å². The molecular weight excluding hydrogens is 374 g/mol. The third-order valence-corrected chi connectivity index (χ3v) is 6.50. The van der Waals surface area contributed by atoms with Gasteiger partial charge in [-0.05, 0) is 43.8 Å². The number of aromatic nitrogens is 3. The van der Waals surface area contributed by atoms with Gasteiger partial charge in [0.15, 0.2) is 0 Å². The van der Waals surface area contributed by atoms with Crippen molar-refractivity contribution in [1.29, 1.82) is 0 Å². The number of nitrogens with one attached hydrogen (secondary N) is 1. The number of fused-ring (bicyclic) bond motifs is 3. The van der Waals surface area contributed by atoms with E-state index >= 15 is 0 Å². The van der Waals surface area contributed by atoms with Crippen LogP contribution < -0.4 is 10.9 Å². The van der Waals surface area contributed by atoms with E-state index in [1.165, 1.54) is 23.9 Å². The standard InChI is InChI=1S/C20H27N5O2S/c1-3-18-22-24(20(27)16-12-17-15(25(16)18)7-11-28-17)13-19(26)21-8-10-23-9-5-4-6-14(23)2/h7,11-12,14H,3-6,8-10,13H2,1-2H3,(H,21,26)/t14-/m1/s1. The van der Waals surface area contributed by atoms with E-state index in [4.69, 9.17) is 0 Å². The van der Waals surface area contributed by atoms with Gasteiger partial charge in [-0.1, -0.05) is 13.3 Å². The largest absolute Gasteiger partial charge is 0.353 e. The lowest BCUT2D eigenvalue weighted by molar-refractivity contribution is -0.122. The van der Waals surface area contributed by atoms with Gasteiger partial charge < -0.3 is 5.32 Å². The zero-order valence-electron chi connectivity index (χ0n) is 16.5. The second-order valence-electron chi connectivity index (χ2n) is 7.50. The molecule has 0 unspecified atom stereocenters. The van der Waals surface area contributed by atoms with Crippen molar-refractivity contribution in [2.45, 2.75) is 52.1 Å². The lowest BCUT2D eigenvalue weighted by Crippen LogP contribution is -2.43. The number of hydrogen-bond acceptors (Lipinski definition) is 5. The molecule has 1 saturated heterocycles. The third-order valence-electron chi connectivity index (χ3n) is 5.64. The summed E-state index contributed by atoms with van der Waals surface area (Å²) in [5.41, 5.74) is 1.37. The van der Waals surface area contributed by atoms with E-state index in [0.29, 0.717) is 24.5 Å². The predicted molar refractivity (Wildman–Crippen MR) is 112 cm³/mol. The zero-order chi connectivity index (χ0) is 19.7. The molecule has 4 rings (SSSR count). The number of likely N-dealkylation sites (tertiary alicyclic amines) is 1. The number of amides is 1. The van der Waals surface area contributed by atoms with Crippen molar-refractivity contribution in [1.82, 2.24) is 24.4 Å². The number of thiophene rings is 1. The minimum absolute atomic E-state index is 0.0449. The van der Waals surface area contributed by atoms with Crippen LogP contribution in [0.4, 0.5) is 0 Å². The van der Waals surface area contributed by atoms with Crippen LogP contribution >= 0.6 is 11.3 Å². The minimum atomic E-state index is -0.222. The molecule has 8 heteroatoms. The Hall–Kier alpha value is -2.19. The normalized spacial score (nSPS) is 18.1. The van der Waals surface area contributed by atoms with Gasteiger partial charge in [-0.15, -0.1) is 11.3 Å². The van der Waals surface area contributed by atoms with Crippen LogP contribution in [0.25, 0.3) is 15.7 Å². The van der Waals surface area contributed by atoms with Crippen molar-refractivity contribution >= 4 is 33.0 Å². The second-order valence-corrected chi connectivity index (χ2v) is 8.45. The van der Waals surface area contributed by atoms with Gasteiger partial charge in [0.1, 0.15) is 17.9 Å². The lowest BCUT2D eigenvalue weighted by atomic mass is 10.0. The first-order valence-corrected chi connectivity index (χ1v) is 11.0. The number of carbonyl (C=O) groups is 1. The first-order valence-electron chi connectivity index (χ1n) is 10.1. The van der Waals surface area contributed by atoms with Gasteiger partial charge in [0, 0.05) is 25.6 Å². The van der Waals surface area contributed by atoms with E-state index in [1.54, 1.807) is 11.3 Å². The molecule has 0 spiro atoms. The molecule has 1 fully saturated rings. The van der Waals surface area contributed by atoms with Crippen molar-refractivity contribution in [2.24, 2.45) is 0 Å². The molecule has 0 aromatic carbocycles. The summed E-state index contributed by atoms with van der Waals surface area (Å²) in [7, 11) is 0. The molecule has 0 bridgehead atoms. The van der Waals surface area contributed by atoms with E-state index in [-0.39, 0.29) is 18.0 Å². The maximum absolute atomic E-state index is 12.9. The Morgan fingerprint density at radius 3 is 3.00 bits per heavy atom. The fraction of sp³-hybridized carbons (Fsp3) is 0.550. The highest BCUT2D eigenvalue weighted by Gasteiger charge is 2.18. The van der Waals surface area contributed by atoms with Gasteiger partial charge in [0.2, 0.25) is 5.91 Å². The SMILES string of the molecule is CCc1nn(CC(=O)NCCN2CCCC[C@H]2C)c(=O)c2cc3sccc3n12. The predicted octanol–water partition coefficient (Wildman–Crippen LogP) is 2.26. The summed E-state index contributed by atoms with van der Waals surface area (Å²) in [4.78, 5) is 27.7. The molecule has 1 amide bonds. The van der Waals surface area contributed by atoms with Crippen LogP contribution in [-0.2, 0) is 17.8 Å². The topological polar surface area (TPSA) is 71.6 Å². The Morgan fingerprint density at radius 2 is 2.21 bits per heavy atom. The van der Waals surface area contributed by atoms with Gasteiger partial charge in [0.05, 0.1) is 10.2 Å². The van der Waals surface area contributed by atoms with Crippen LogP contribution in [0, 0.1) is 0 Å². The van der Waals surface area contributed by atoms with Gasteiger partial charge in [-0.25, -0.2) is 4.68 Å². The summed E-state index contributed by atoms with van der Waals surface area (Å²) >= 11 is 1.60. The quantitative estimate of drug-likeness (QED) is 0.688. The first kappa shape index (κ1) is 19.1. The van der Waals surface area contributed by atoms with E-state index < -0.39 is 0 Å². The van der Waals surface area contributed by atoms with E-state index in [1.807, 2.05) is 28.8 Å². The summed E-state index contributed by atoms with van der Waals surface area (Å²) in [6, 6.07) is 4.48. The highest BCUT2D eigenvalue weighted by molar-refractivity contribution is 7.17. The smallest absolute Gasteiger partial charge is 0.291 e. The Labute approximate surface area is 167 Å². The number of carbonyl (C=O) groups excluding carboxylic acids is 1. The zero-order valence-corrected chi connectivity index (χ0v) is 17.3. The maximum atomic E-state index is 12.9. The molecule has 3 aromatic heterocycles. The molecule has 150 valence electrons. The van der Waals surface area contributed by atoms with Gasteiger partial charge >= 0.3 is 0 Å². The Morgan fingerprint density at radius 1 is 1.36 bits per heavy atom. The average molecular weight is 402 g/mol. The number of nitrogens with zero attached hydrogens (tertiary/aromatic N) is 4. The molecule has 0 radical (unpaired) electrons. The highest BCUT2D eigenvalue weighted by atomic mass is 32.1. The Bertz CT molecular complexity index is 1050. The van der Waals surface area contributed by atoms with Crippen molar-refractivity contribution in [3.63, 3.8) is 0 Å². The number of aryl methyl sites for hydroxylation is 1. The third kappa shape index (κ3) is 3.58. The van der Waals surface area contributed by atoms with Crippen molar-refractivity contribution in [3.05, 3.63) is 33.7 Å². The van der Waals surface area contributed by atoms with E-state index in [9.17, 15) is 9.59 Å². The summed E-state index contributed by atoms with van der Waals surface area (Å²) in [6.45, 7) is 6.75. The summed E-state index contributed by atoms with van der Waals surface area (Å²) in [6.07, 6.45) is 4.43. The summed E-state index contributed by atoms with van der Waals surface area (Å²) < 4.78 is 4.28. The van der Waals surface area contributed by atoms with Crippen LogP contribution in [0.3, 0.4) is 0 Å². The fourth-order valence-electron chi connectivity index (χ4n) is 4.08. The molecule has 1 aliphatic rings. The monoisotopic (exact) mass is 401 g/mol. The molecule has 1 aliphatic heterocycles. The van der Waals surface area contributed by atoms with Crippen molar-refractivity contribution < 1.29 is 4.79 Å². The lowest BCUT2D eigenvalue weighted by Gasteiger charge is -2.33. The van der Waals surface area contributed by atoms with Crippen LogP contribution in [0.2, 0.25) is 0 Å². The van der Waals surface area contributed by atoms with Crippen molar-refractivity contribution in [2.75, 3.05) is 19.6 Å². The molecule has 7 nitrogen and oxygen atoms in total. The molecule has 28 heavy (non-hydrogen) atoms. The highest BCUT2D eigenvalue weighted by Crippen LogP contribution is 2.24. The molecule has 0 saturated carbocycles. The van der Waals surface area contributed by atoms with E-state index in [0.717, 1.165) is 29.1 Å². The molecule has 1 atom stereocenters. The molecule has 3 aromatic rings. The summed E-state index contributed by atoms with van der Waals surface area (Å²) in [5.74, 6) is 0.622. The van der Waals surface area contributed by atoms with Crippen LogP contribution in [0.5, 0.6) is 0 Å². The summed E-state index contributed by atoms with van der Waals surface area (Å²) in [5, 5.41) is 9.43. The molecule has 0 aliphatic carbocycles. The Balaban J connectivity index is 1.47. The number of piperidine rings is 1. The van der Waals surface area contributed by atoms with Crippen LogP contribution in [0.1, 0.15) is 38.9 Å². The van der Waals surface area contributed by atoms with Gasteiger partial charge in [-0.3, -0.25) is 18.9 Å². The second kappa shape index (κ2) is 8.05. The van der Waals surface area contributed by atoms with Crippen molar-refractivity contribution in [3.8, 4) is 0 Å². The fourth-order valence-corrected chi connectivity index (χ4v) is 4.88. The maximum Gasteiger partial charge on any atom is 0.291 e. The number of rotatable bonds is 6. The number of hydrogen-bond donors (Lipinski definition) is 1.